The van der Waals surface area contributed by atoms with Crippen LogP contribution in [0.4, 0.5) is 11.6 Å². The Balaban J connectivity index is 2.97. The van der Waals surface area contributed by atoms with Gasteiger partial charge in [0.2, 0.25) is 5.91 Å². The number of nitrogen functional groups attached to an aromatic ring is 1. The van der Waals surface area contributed by atoms with Crippen molar-refractivity contribution in [3.05, 3.63) is 11.9 Å². The Hall–Kier alpha value is -1.89. The molecule has 1 aromatic rings. The number of likely N-dealkylation sites (N-methyl/N-ethyl adjacent to an activating group) is 1. The van der Waals surface area contributed by atoms with E-state index >= 15 is 0 Å². The maximum absolute atomic E-state index is 11.7. The van der Waals surface area contributed by atoms with Gasteiger partial charge in [-0.1, -0.05) is 13.8 Å². The first kappa shape index (κ1) is 15.2. The van der Waals surface area contributed by atoms with E-state index < -0.39 is 0 Å². The Labute approximate surface area is 113 Å². The van der Waals surface area contributed by atoms with E-state index in [0.717, 1.165) is 5.56 Å². The molecular formula is C12H22N6O. The van der Waals surface area contributed by atoms with Gasteiger partial charge in [-0.25, -0.2) is 15.8 Å². The summed E-state index contributed by atoms with van der Waals surface area (Å²) in [7, 11) is 0. The van der Waals surface area contributed by atoms with Crippen LogP contribution in [-0.2, 0) is 4.79 Å². The molecule has 0 saturated carbocycles. The molecule has 7 heteroatoms. The predicted octanol–water partition coefficient (Wildman–Crippen LogP) is 0.822. The molecule has 106 valence electrons. The van der Waals surface area contributed by atoms with Crippen LogP contribution in [0.2, 0.25) is 0 Å². The maximum atomic E-state index is 11.7. The first-order valence-electron chi connectivity index (χ1n) is 6.37. The number of carbonyl (C=O) groups excluding carboxylic acids is 1. The smallest absolute Gasteiger partial charge is 0.242 e. The van der Waals surface area contributed by atoms with E-state index in [2.05, 4.69) is 26.0 Å². The van der Waals surface area contributed by atoms with Crippen molar-refractivity contribution in [1.82, 2.24) is 15.3 Å². The normalized spacial score (nSPS) is 12.1. The molecule has 19 heavy (non-hydrogen) atoms. The van der Waals surface area contributed by atoms with Crippen LogP contribution >= 0.6 is 0 Å². The Kier molecular flexibility index (Phi) is 5.50. The molecule has 0 fully saturated rings. The first-order chi connectivity index (χ1) is 9.01. The van der Waals surface area contributed by atoms with E-state index in [-0.39, 0.29) is 17.9 Å². The molecule has 0 aliphatic heterocycles. The van der Waals surface area contributed by atoms with Crippen LogP contribution in [0.25, 0.3) is 0 Å². The number of aromatic nitrogens is 2. The highest BCUT2D eigenvalue weighted by molar-refractivity contribution is 5.84. The van der Waals surface area contributed by atoms with E-state index in [1.807, 2.05) is 20.8 Å². The fourth-order valence-corrected chi connectivity index (χ4v) is 1.77. The van der Waals surface area contributed by atoms with Crippen LogP contribution in [0.15, 0.2) is 6.33 Å². The summed E-state index contributed by atoms with van der Waals surface area (Å²) in [6.45, 7) is 8.29. The number of rotatable bonds is 6. The highest BCUT2D eigenvalue weighted by atomic mass is 16.2. The molecule has 0 bridgehead atoms. The third-order valence-electron chi connectivity index (χ3n) is 2.70. The van der Waals surface area contributed by atoms with Crippen LogP contribution in [0, 0.1) is 0 Å². The van der Waals surface area contributed by atoms with Crippen LogP contribution in [0.1, 0.15) is 39.2 Å². The molecule has 5 N–H and O–H groups in total. The molecule has 0 aromatic carbocycles. The second-order valence-corrected chi connectivity index (χ2v) is 4.54. The highest BCUT2D eigenvalue weighted by Gasteiger charge is 2.18. The summed E-state index contributed by atoms with van der Waals surface area (Å²) in [4.78, 5) is 20.0. The largest absolute Gasteiger partial charge is 0.358 e. The summed E-state index contributed by atoms with van der Waals surface area (Å²) in [5.41, 5.74) is 3.42. The number of carbonyl (C=O) groups is 1. The van der Waals surface area contributed by atoms with Crippen molar-refractivity contribution < 1.29 is 4.79 Å². The number of nitrogens with one attached hydrogen (secondary N) is 3. The van der Waals surface area contributed by atoms with E-state index in [4.69, 9.17) is 5.84 Å². The molecule has 1 heterocycles. The molecule has 1 rings (SSSR count). The number of amides is 1. The lowest BCUT2D eigenvalue weighted by Gasteiger charge is -2.19. The molecular weight excluding hydrogens is 244 g/mol. The summed E-state index contributed by atoms with van der Waals surface area (Å²) in [5.74, 6) is 6.74. The zero-order valence-corrected chi connectivity index (χ0v) is 11.8. The summed E-state index contributed by atoms with van der Waals surface area (Å²) in [6, 6.07) is -0.377. The standard InChI is InChI=1S/C12H22N6O/c1-5-14-12(19)8(4)17-10-9(7(2)3)11(18-13)16-6-15-10/h6-8H,5,13H2,1-4H3,(H,14,19)(H2,15,16,17,18). The van der Waals surface area contributed by atoms with Crippen molar-refractivity contribution in [2.24, 2.45) is 5.84 Å². The fraction of sp³-hybridized carbons (Fsp3) is 0.583. The topological polar surface area (TPSA) is 105 Å². The molecule has 0 aliphatic carbocycles. The number of hydrazine groups is 1. The van der Waals surface area contributed by atoms with Crippen LogP contribution < -0.4 is 21.9 Å². The Bertz CT molecular complexity index is 434. The third-order valence-corrected chi connectivity index (χ3v) is 2.70. The van der Waals surface area contributed by atoms with Crippen molar-refractivity contribution in [1.29, 1.82) is 0 Å². The zero-order chi connectivity index (χ0) is 14.4. The second kappa shape index (κ2) is 6.89. The summed E-state index contributed by atoms with van der Waals surface area (Å²) in [5, 5.41) is 5.85. The summed E-state index contributed by atoms with van der Waals surface area (Å²) in [6.07, 6.45) is 1.41. The Morgan fingerprint density at radius 2 is 1.95 bits per heavy atom. The molecule has 1 unspecified atom stereocenters. The minimum atomic E-state index is -0.377. The molecule has 1 aromatic heterocycles. The Morgan fingerprint density at radius 3 is 2.47 bits per heavy atom. The van der Waals surface area contributed by atoms with E-state index in [1.54, 1.807) is 6.92 Å². The van der Waals surface area contributed by atoms with Gasteiger partial charge < -0.3 is 16.1 Å². The van der Waals surface area contributed by atoms with Crippen molar-refractivity contribution in [3.8, 4) is 0 Å². The zero-order valence-electron chi connectivity index (χ0n) is 11.8. The highest BCUT2D eigenvalue weighted by Crippen LogP contribution is 2.27. The van der Waals surface area contributed by atoms with Gasteiger partial charge >= 0.3 is 0 Å². The van der Waals surface area contributed by atoms with Gasteiger partial charge in [0.1, 0.15) is 24.0 Å². The average Bonchev–Trinajstić information content (AvgIpc) is 2.38. The number of hydrogen-bond donors (Lipinski definition) is 4. The predicted molar refractivity (Wildman–Crippen MR) is 75.7 cm³/mol. The molecule has 7 nitrogen and oxygen atoms in total. The Morgan fingerprint density at radius 1 is 1.32 bits per heavy atom. The lowest BCUT2D eigenvalue weighted by atomic mass is 10.0. The van der Waals surface area contributed by atoms with Crippen LogP contribution in [0.3, 0.4) is 0 Å². The molecule has 0 saturated heterocycles. The SMILES string of the molecule is CCNC(=O)C(C)Nc1ncnc(NN)c1C(C)C. The van der Waals surface area contributed by atoms with Crippen LogP contribution in [-0.4, -0.2) is 28.5 Å². The van der Waals surface area contributed by atoms with Crippen molar-refractivity contribution in [2.75, 3.05) is 17.3 Å². The quantitative estimate of drug-likeness (QED) is 0.449. The van der Waals surface area contributed by atoms with E-state index in [1.165, 1.54) is 6.33 Å². The minimum absolute atomic E-state index is 0.0712. The first-order valence-corrected chi connectivity index (χ1v) is 6.37. The monoisotopic (exact) mass is 266 g/mol. The van der Waals surface area contributed by atoms with E-state index in [0.29, 0.717) is 18.2 Å². The third kappa shape index (κ3) is 3.78. The van der Waals surface area contributed by atoms with Gasteiger partial charge in [0.25, 0.3) is 0 Å². The lowest BCUT2D eigenvalue weighted by Crippen LogP contribution is -2.38. The summed E-state index contributed by atoms with van der Waals surface area (Å²) < 4.78 is 0. The minimum Gasteiger partial charge on any atom is -0.358 e. The number of hydrogen-bond acceptors (Lipinski definition) is 6. The van der Waals surface area contributed by atoms with Crippen molar-refractivity contribution >= 4 is 17.5 Å². The lowest BCUT2D eigenvalue weighted by molar-refractivity contribution is -0.121. The molecule has 0 spiro atoms. The van der Waals surface area contributed by atoms with Crippen molar-refractivity contribution in [3.63, 3.8) is 0 Å². The maximum Gasteiger partial charge on any atom is 0.242 e. The van der Waals surface area contributed by atoms with Gasteiger partial charge in [-0.2, -0.15) is 0 Å². The van der Waals surface area contributed by atoms with Gasteiger partial charge in [-0.05, 0) is 19.8 Å². The molecule has 1 amide bonds. The van der Waals surface area contributed by atoms with Gasteiger partial charge in [0.15, 0.2) is 0 Å². The number of anilines is 2. The van der Waals surface area contributed by atoms with Crippen molar-refractivity contribution in [2.45, 2.75) is 39.7 Å². The van der Waals surface area contributed by atoms with Gasteiger partial charge in [-0.15, -0.1) is 0 Å². The number of nitrogens with zero attached hydrogens (tertiary/aromatic N) is 2. The molecule has 1 atom stereocenters. The molecule has 0 aliphatic rings. The van der Waals surface area contributed by atoms with Crippen LogP contribution in [0.5, 0.6) is 0 Å². The average molecular weight is 266 g/mol. The summed E-state index contributed by atoms with van der Waals surface area (Å²) >= 11 is 0. The second-order valence-electron chi connectivity index (χ2n) is 4.54. The van der Waals surface area contributed by atoms with E-state index in [9.17, 15) is 4.79 Å². The number of nitrogens with two attached hydrogens (primary N) is 1. The fourth-order valence-electron chi connectivity index (χ4n) is 1.77. The van der Waals surface area contributed by atoms with Gasteiger partial charge in [0.05, 0.1) is 0 Å². The van der Waals surface area contributed by atoms with Gasteiger partial charge in [-0.3, -0.25) is 4.79 Å². The molecule has 0 radical (unpaired) electrons. The van der Waals surface area contributed by atoms with Gasteiger partial charge in [0, 0.05) is 12.1 Å².